The van der Waals surface area contributed by atoms with Gasteiger partial charge in [-0.15, -0.1) is 0 Å². The summed E-state index contributed by atoms with van der Waals surface area (Å²) in [5.41, 5.74) is 4.87. The number of imide groups is 1. The highest BCUT2D eigenvalue weighted by Crippen LogP contribution is 2.32. The molecule has 2 N–H and O–H groups in total. The van der Waals surface area contributed by atoms with Crippen molar-refractivity contribution in [2.45, 2.75) is 20.8 Å². The van der Waals surface area contributed by atoms with E-state index in [2.05, 4.69) is 10.6 Å². The Morgan fingerprint density at radius 3 is 2.06 bits per heavy atom. The summed E-state index contributed by atoms with van der Waals surface area (Å²) in [5.74, 6) is -1.49. The van der Waals surface area contributed by atoms with Gasteiger partial charge in [-0.25, -0.2) is 4.90 Å². The van der Waals surface area contributed by atoms with Crippen LogP contribution in [0.15, 0.2) is 71.4 Å². The summed E-state index contributed by atoms with van der Waals surface area (Å²) in [5, 5.41) is 5.99. The number of amides is 3. The lowest BCUT2D eigenvalue weighted by Crippen LogP contribution is -2.32. The van der Waals surface area contributed by atoms with E-state index in [1.54, 1.807) is 42.5 Å². The van der Waals surface area contributed by atoms with Crippen LogP contribution in [0.1, 0.15) is 27.0 Å². The van der Waals surface area contributed by atoms with Crippen molar-refractivity contribution in [1.82, 2.24) is 0 Å². The molecular weight excluding hydrogens is 473 g/mol. The van der Waals surface area contributed by atoms with E-state index in [0.717, 1.165) is 21.6 Å². The molecule has 3 aromatic rings. The van der Waals surface area contributed by atoms with Gasteiger partial charge in [-0.3, -0.25) is 14.4 Å². The second-order valence-electron chi connectivity index (χ2n) is 8.10. The molecule has 0 unspecified atom stereocenters. The molecule has 0 aromatic heterocycles. The quantitative estimate of drug-likeness (QED) is 0.430. The molecule has 3 aromatic carbocycles. The average molecular weight is 494 g/mol. The highest BCUT2D eigenvalue weighted by molar-refractivity contribution is 6.53. The molecule has 0 atom stereocenters. The van der Waals surface area contributed by atoms with E-state index < -0.39 is 11.8 Å². The van der Waals surface area contributed by atoms with Crippen molar-refractivity contribution >= 4 is 58.0 Å². The highest BCUT2D eigenvalue weighted by atomic mass is 35.5. The number of rotatable bonds is 5. The van der Waals surface area contributed by atoms with Crippen LogP contribution in [0.25, 0.3) is 0 Å². The largest absolute Gasteiger partial charge is 0.350 e. The molecular formula is C26H21Cl2N3O3. The summed E-state index contributed by atoms with van der Waals surface area (Å²) in [4.78, 5) is 39.2. The summed E-state index contributed by atoms with van der Waals surface area (Å²) in [6, 6.07) is 17.2. The fraction of sp³-hybridized carbons (Fsp3) is 0.115. The lowest BCUT2D eigenvalue weighted by Gasteiger charge is -2.16. The van der Waals surface area contributed by atoms with Gasteiger partial charge in [0.05, 0.1) is 5.69 Å². The monoisotopic (exact) mass is 493 g/mol. The summed E-state index contributed by atoms with van der Waals surface area (Å²) < 4.78 is 0. The molecule has 4 rings (SSSR count). The Morgan fingerprint density at radius 1 is 0.794 bits per heavy atom. The van der Waals surface area contributed by atoms with Gasteiger partial charge in [-0.05, 0) is 86.0 Å². The molecule has 0 aliphatic carbocycles. The van der Waals surface area contributed by atoms with Crippen LogP contribution in [0.4, 0.5) is 17.1 Å². The molecule has 172 valence electrons. The Morgan fingerprint density at radius 2 is 1.44 bits per heavy atom. The number of hydrogen-bond acceptors (Lipinski definition) is 4. The minimum absolute atomic E-state index is 0.0456. The summed E-state index contributed by atoms with van der Waals surface area (Å²) in [6.45, 7) is 5.75. The lowest BCUT2D eigenvalue weighted by molar-refractivity contribution is -0.120. The summed E-state index contributed by atoms with van der Waals surface area (Å²) >= 11 is 12.3. The summed E-state index contributed by atoms with van der Waals surface area (Å²) in [6.07, 6.45) is 0. The van der Waals surface area contributed by atoms with Crippen LogP contribution < -0.4 is 15.5 Å². The van der Waals surface area contributed by atoms with E-state index in [0.29, 0.717) is 27.6 Å². The van der Waals surface area contributed by atoms with E-state index in [1.165, 1.54) is 0 Å². The zero-order chi connectivity index (χ0) is 24.6. The van der Waals surface area contributed by atoms with Crippen LogP contribution in [-0.2, 0) is 9.59 Å². The minimum Gasteiger partial charge on any atom is -0.350 e. The molecule has 1 aliphatic heterocycles. The third-order valence-corrected chi connectivity index (χ3v) is 6.09. The molecule has 1 aliphatic rings. The molecule has 3 amide bonds. The molecule has 0 spiro atoms. The number of halogens is 2. The number of nitrogens with one attached hydrogen (secondary N) is 2. The van der Waals surface area contributed by atoms with Crippen LogP contribution in [-0.4, -0.2) is 17.7 Å². The van der Waals surface area contributed by atoms with Crippen molar-refractivity contribution < 1.29 is 14.4 Å². The molecule has 0 bridgehead atoms. The Labute approximate surface area is 207 Å². The van der Waals surface area contributed by atoms with E-state index in [-0.39, 0.29) is 16.6 Å². The number of nitrogens with zero attached hydrogens (tertiary/aromatic N) is 1. The first-order valence-electron chi connectivity index (χ1n) is 10.5. The summed E-state index contributed by atoms with van der Waals surface area (Å²) in [7, 11) is 0. The van der Waals surface area contributed by atoms with Gasteiger partial charge in [0.15, 0.2) is 0 Å². The highest BCUT2D eigenvalue weighted by Gasteiger charge is 2.39. The SMILES string of the molecule is Cc1cc(C)cc(NC(=O)c2ccc(NC3=C(Cl)C(=O)N(c4ccc(C)c(Cl)c4)C3=O)cc2)c1. The Hall–Kier alpha value is -3.61. The van der Waals surface area contributed by atoms with Crippen molar-refractivity contribution in [3.8, 4) is 0 Å². The maximum Gasteiger partial charge on any atom is 0.283 e. The van der Waals surface area contributed by atoms with Gasteiger partial charge in [0.1, 0.15) is 10.7 Å². The second kappa shape index (κ2) is 9.33. The predicted octanol–water partition coefficient (Wildman–Crippen LogP) is 5.95. The van der Waals surface area contributed by atoms with Gasteiger partial charge < -0.3 is 10.6 Å². The minimum atomic E-state index is -0.640. The van der Waals surface area contributed by atoms with Crippen LogP contribution >= 0.6 is 23.2 Å². The fourth-order valence-corrected chi connectivity index (χ4v) is 4.05. The molecule has 0 fully saturated rings. The number of aryl methyl sites for hydroxylation is 3. The van der Waals surface area contributed by atoms with Gasteiger partial charge in [0.25, 0.3) is 17.7 Å². The second-order valence-corrected chi connectivity index (χ2v) is 8.89. The maximum absolute atomic E-state index is 13.0. The van der Waals surface area contributed by atoms with Gasteiger partial charge >= 0.3 is 0 Å². The average Bonchev–Trinajstić information content (AvgIpc) is 2.98. The fourth-order valence-electron chi connectivity index (χ4n) is 3.67. The first kappa shape index (κ1) is 23.5. The molecule has 0 saturated carbocycles. The molecule has 1 heterocycles. The van der Waals surface area contributed by atoms with Crippen molar-refractivity contribution in [2.75, 3.05) is 15.5 Å². The van der Waals surface area contributed by atoms with Crippen molar-refractivity contribution in [3.05, 3.63) is 98.7 Å². The number of hydrogen-bond donors (Lipinski definition) is 2. The maximum atomic E-state index is 13.0. The Balaban J connectivity index is 1.49. The van der Waals surface area contributed by atoms with Crippen molar-refractivity contribution in [3.63, 3.8) is 0 Å². The van der Waals surface area contributed by atoms with Crippen LogP contribution in [0.5, 0.6) is 0 Å². The molecule has 8 heteroatoms. The van der Waals surface area contributed by atoms with E-state index in [4.69, 9.17) is 23.2 Å². The third kappa shape index (κ3) is 4.69. The van der Waals surface area contributed by atoms with E-state index >= 15 is 0 Å². The van der Waals surface area contributed by atoms with Crippen LogP contribution in [0, 0.1) is 20.8 Å². The standard InChI is InChI=1S/C26H21Cl2N3O3/c1-14-10-15(2)12-19(11-14)30-24(32)17-5-7-18(8-6-17)29-23-22(28)25(33)31(26(23)34)20-9-4-16(3)21(27)13-20/h4-13,29H,1-3H3,(H,30,32). The van der Waals surface area contributed by atoms with Crippen LogP contribution in [0.2, 0.25) is 5.02 Å². The Kier molecular flexibility index (Phi) is 6.46. The van der Waals surface area contributed by atoms with E-state index in [1.807, 2.05) is 39.0 Å². The first-order valence-corrected chi connectivity index (χ1v) is 11.2. The first-order chi connectivity index (χ1) is 16.1. The third-order valence-electron chi connectivity index (χ3n) is 5.34. The number of carbonyl (C=O) groups is 3. The molecule has 0 radical (unpaired) electrons. The predicted molar refractivity (Wildman–Crippen MR) is 135 cm³/mol. The number of carbonyl (C=O) groups excluding carboxylic acids is 3. The van der Waals surface area contributed by atoms with Crippen molar-refractivity contribution in [1.29, 1.82) is 0 Å². The Bertz CT molecular complexity index is 1340. The van der Waals surface area contributed by atoms with Gasteiger partial charge in [0.2, 0.25) is 0 Å². The van der Waals surface area contributed by atoms with Gasteiger partial charge in [0, 0.05) is 22.0 Å². The zero-order valence-corrected chi connectivity index (χ0v) is 20.2. The topological polar surface area (TPSA) is 78.5 Å². The van der Waals surface area contributed by atoms with Gasteiger partial charge in [-0.1, -0.05) is 35.3 Å². The van der Waals surface area contributed by atoms with E-state index in [9.17, 15) is 14.4 Å². The van der Waals surface area contributed by atoms with Gasteiger partial charge in [-0.2, -0.15) is 0 Å². The van der Waals surface area contributed by atoms with Crippen molar-refractivity contribution in [2.24, 2.45) is 0 Å². The molecule has 0 saturated heterocycles. The number of benzene rings is 3. The number of anilines is 3. The molecule has 34 heavy (non-hydrogen) atoms. The normalized spacial score (nSPS) is 13.5. The lowest BCUT2D eigenvalue weighted by atomic mass is 10.1. The smallest absolute Gasteiger partial charge is 0.283 e. The zero-order valence-electron chi connectivity index (χ0n) is 18.7. The van der Waals surface area contributed by atoms with Crippen LogP contribution in [0.3, 0.4) is 0 Å². The molecule has 6 nitrogen and oxygen atoms in total.